The van der Waals surface area contributed by atoms with E-state index in [-0.39, 0.29) is 10.9 Å². The summed E-state index contributed by atoms with van der Waals surface area (Å²) >= 11 is 5.89. The van der Waals surface area contributed by atoms with Gasteiger partial charge in [-0.25, -0.2) is 0 Å². The minimum absolute atomic E-state index is 0.00657. The number of benzene rings is 1. The minimum atomic E-state index is -4.39. The van der Waals surface area contributed by atoms with Crippen LogP contribution in [0.3, 0.4) is 0 Å². The van der Waals surface area contributed by atoms with Gasteiger partial charge in [0.05, 0.1) is 5.56 Å². The lowest BCUT2D eigenvalue weighted by molar-refractivity contribution is -0.137. The summed E-state index contributed by atoms with van der Waals surface area (Å²) in [5.74, 6) is -0.395. The molecule has 0 bridgehead atoms. The van der Waals surface area contributed by atoms with Crippen LogP contribution in [-0.2, 0) is 6.18 Å². The van der Waals surface area contributed by atoms with Gasteiger partial charge in [-0.1, -0.05) is 6.92 Å². The largest absolute Gasteiger partial charge is 0.416 e. The molecule has 0 radical (unpaired) electrons. The second-order valence-corrected chi connectivity index (χ2v) is 4.74. The third-order valence-corrected chi connectivity index (χ3v) is 3.19. The molecule has 6 heteroatoms. The van der Waals surface area contributed by atoms with E-state index in [2.05, 4.69) is 5.32 Å². The molecule has 0 aliphatic carbocycles. The predicted molar refractivity (Wildman–Crippen MR) is 68.3 cm³/mol. The van der Waals surface area contributed by atoms with Gasteiger partial charge in [0.25, 0.3) is 5.91 Å². The van der Waals surface area contributed by atoms with E-state index in [1.165, 1.54) is 0 Å². The van der Waals surface area contributed by atoms with Crippen molar-refractivity contribution in [3.05, 3.63) is 35.4 Å². The number of rotatable bonds is 5. The highest BCUT2D eigenvalue weighted by Gasteiger charge is 2.30. The number of carbonyl (C=O) groups excluding carboxylic acids is 1. The number of carbonyl (C=O) groups is 1. The summed E-state index contributed by atoms with van der Waals surface area (Å²) in [6, 6.07) is 4.11. The maximum absolute atomic E-state index is 12.3. The molecule has 2 nitrogen and oxygen atoms in total. The average Bonchev–Trinajstić information content (AvgIpc) is 2.37. The first kappa shape index (κ1) is 15.8. The highest BCUT2D eigenvalue weighted by atomic mass is 35.5. The molecule has 0 spiro atoms. The first-order chi connectivity index (χ1) is 8.84. The van der Waals surface area contributed by atoms with Gasteiger partial charge in [-0.05, 0) is 37.1 Å². The van der Waals surface area contributed by atoms with Crippen LogP contribution in [-0.4, -0.2) is 17.8 Å². The van der Waals surface area contributed by atoms with Crippen molar-refractivity contribution in [2.75, 3.05) is 6.54 Å². The molecule has 1 amide bonds. The molecule has 0 fully saturated rings. The highest BCUT2D eigenvalue weighted by molar-refractivity contribution is 6.20. The summed E-state index contributed by atoms with van der Waals surface area (Å²) in [4.78, 5) is 11.6. The topological polar surface area (TPSA) is 29.1 Å². The van der Waals surface area contributed by atoms with E-state index < -0.39 is 17.6 Å². The quantitative estimate of drug-likeness (QED) is 0.821. The molecule has 0 saturated heterocycles. The van der Waals surface area contributed by atoms with E-state index in [0.717, 1.165) is 30.7 Å². The molecular weight excluding hydrogens is 279 g/mol. The molecule has 0 aliphatic rings. The van der Waals surface area contributed by atoms with E-state index in [1.54, 1.807) is 0 Å². The van der Waals surface area contributed by atoms with Crippen LogP contribution in [0, 0.1) is 0 Å². The van der Waals surface area contributed by atoms with Crippen molar-refractivity contribution in [1.29, 1.82) is 0 Å². The normalized spacial score (nSPS) is 13.1. The summed E-state index contributed by atoms with van der Waals surface area (Å²) in [6.45, 7) is 2.34. The molecule has 1 rings (SSSR count). The zero-order chi connectivity index (χ0) is 14.5. The zero-order valence-electron chi connectivity index (χ0n) is 10.4. The number of amides is 1. The van der Waals surface area contributed by atoms with Crippen molar-refractivity contribution >= 4 is 17.5 Å². The van der Waals surface area contributed by atoms with Gasteiger partial charge in [-0.3, -0.25) is 4.79 Å². The Balaban J connectivity index is 2.54. The second-order valence-electron chi connectivity index (χ2n) is 4.13. The standard InChI is InChI=1S/C13H15ClF3NO/c1-2-11(14)7-8-18-12(19)9-3-5-10(6-4-9)13(15,16)17/h3-6,11H,2,7-8H2,1H3,(H,18,19). The third-order valence-electron chi connectivity index (χ3n) is 2.66. The van der Waals surface area contributed by atoms with Gasteiger partial charge in [-0.15, -0.1) is 11.6 Å². The van der Waals surface area contributed by atoms with E-state index in [9.17, 15) is 18.0 Å². The summed E-state index contributed by atoms with van der Waals surface area (Å²) < 4.78 is 37.0. The molecule has 0 aromatic heterocycles. The summed E-state index contributed by atoms with van der Waals surface area (Å²) in [5, 5.41) is 2.61. The second kappa shape index (κ2) is 6.80. The van der Waals surface area contributed by atoms with E-state index in [0.29, 0.717) is 13.0 Å². The Labute approximate surface area is 114 Å². The van der Waals surface area contributed by atoms with E-state index in [1.807, 2.05) is 6.92 Å². The summed E-state index contributed by atoms with van der Waals surface area (Å²) in [6.07, 6.45) is -2.95. The van der Waals surface area contributed by atoms with Crippen LogP contribution in [0.1, 0.15) is 35.7 Å². The van der Waals surface area contributed by atoms with Crippen LogP contribution >= 0.6 is 11.6 Å². The van der Waals surface area contributed by atoms with Gasteiger partial charge in [0.2, 0.25) is 0 Å². The maximum Gasteiger partial charge on any atom is 0.416 e. The van der Waals surface area contributed by atoms with E-state index >= 15 is 0 Å². The Kier molecular flexibility index (Phi) is 5.66. The Morgan fingerprint density at radius 1 is 1.32 bits per heavy atom. The zero-order valence-corrected chi connectivity index (χ0v) is 11.2. The van der Waals surface area contributed by atoms with Crippen molar-refractivity contribution in [3.8, 4) is 0 Å². The minimum Gasteiger partial charge on any atom is -0.352 e. The Bertz CT molecular complexity index is 417. The van der Waals surface area contributed by atoms with Gasteiger partial charge in [0, 0.05) is 17.5 Å². The maximum atomic E-state index is 12.3. The lowest BCUT2D eigenvalue weighted by atomic mass is 10.1. The van der Waals surface area contributed by atoms with Gasteiger partial charge in [0.15, 0.2) is 0 Å². The fourth-order valence-corrected chi connectivity index (χ4v) is 1.57. The van der Waals surface area contributed by atoms with Crippen LogP contribution in [0.2, 0.25) is 0 Å². The van der Waals surface area contributed by atoms with Crippen LogP contribution in [0.25, 0.3) is 0 Å². The van der Waals surface area contributed by atoms with Gasteiger partial charge >= 0.3 is 6.18 Å². The summed E-state index contributed by atoms with van der Waals surface area (Å²) in [7, 11) is 0. The number of hydrogen-bond acceptors (Lipinski definition) is 1. The fourth-order valence-electron chi connectivity index (χ4n) is 1.46. The van der Waals surface area contributed by atoms with Crippen molar-refractivity contribution in [3.63, 3.8) is 0 Å². The molecule has 0 heterocycles. The predicted octanol–water partition coefficient (Wildman–Crippen LogP) is 3.84. The van der Waals surface area contributed by atoms with Crippen LogP contribution in [0.5, 0.6) is 0 Å². The molecule has 1 aromatic rings. The van der Waals surface area contributed by atoms with E-state index in [4.69, 9.17) is 11.6 Å². The highest BCUT2D eigenvalue weighted by Crippen LogP contribution is 2.29. The van der Waals surface area contributed by atoms with Crippen LogP contribution < -0.4 is 5.32 Å². The SMILES string of the molecule is CCC(Cl)CCNC(=O)c1ccc(C(F)(F)F)cc1. The molecule has 1 N–H and O–H groups in total. The molecule has 1 aromatic carbocycles. The van der Waals surface area contributed by atoms with Gasteiger partial charge in [-0.2, -0.15) is 13.2 Å². The number of nitrogens with one attached hydrogen (secondary N) is 1. The molecule has 1 unspecified atom stereocenters. The first-order valence-corrected chi connectivity index (χ1v) is 6.37. The molecule has 106 valence electrons. The number of halogens is 4. The lowest BCUT2D eigenvalue weighted by Gasteiger charge is -2.09. The van der Waals surface area contributed by atoms with Crippen LogP contribution in [0.4, 0.5) is 13.2 Å². The average molecular weight is 294 g/mol. The number of hydrogen-bond donors (Lipinski definition) is 1. The van der Waals surface area contributed by atoms with Crippen molar-refractivity contribution in [1.82, 2.24) is 5.32 Å². The van der Waals surface area contributed by atoms with Crippen molar-refractivity contribution < 1.29 is 18.0 Å². The van der Waals surface area contributed by atoms with Crippen LogP contribution in [0.15, 0.2) is 24.3 Å². The molecule has 0 aliphatic heterocycles. The molecular formula is C13H15ClF3NO. The Morgan fingerprint density at radius 3 is 2.37 bits per heavy atom. The summed E-state index contributed by atoms with van der Waals surface area (Å²) in [5.41, 5.74) is -0.563. The Morgan fingerprint density at radius 2 is 1.89 bits per heavy atom. The molecule has 1 atom stereocenters. The Hall–Kier alpha value is -1.23. The fraction of sp³-hybridized carbons (Fsp3) is 0.462. The monoisotopic (exact) mass is 293 g/mol. The first-order valence-electron chi connectivity index (χ1n) is 5.94. The lowest BCUT2D eigenvalue weighted by Crippen LogP contribution is -2.26. The van der Waals surface area contributed by atoms with Crippen molar-refractivity contribution in [2.24, 2.45) is 0 Å². The van der Waals surface area contributed by atoms with Gasteiger partial charge < -0.3 is 5.32 Å². The molecule has 19 heavy (non-hydrogen) atoms. The third kappa shape index (κ3) is 5.11. The molecule has 0 saturated carbocycles. The number of alkyl halides is 4. The van der Waals surface area contributed by atoms with Gasteiger partial charge in [0.1, 0.15) is 0 Å². The smallest absolute Gasteiger partial charge is 0.352 e. The van der Waals surface area contributed by atoms with Crippen molar-refractivity contribution in [2.45, 2.75) is 31.3 Å².